The number of aliphatic hydroxyl groups is 1. The molecule has 0 radical (unpaired) electrons. The molecule has 0 amide bonds. The lowest BCUT2D eigenvalue weighted by atomic mass is 9.99. The summed E-state index contributed by atoms with van der Waals surface area (Å²) in [6.45, 7) is 3.98. The second-order valence-electron chi connectivity index (χ2n) is 4.09. The number of halogens is 2. The Balaban J connectivity index is 2.58. The van der Waals surface area contributed by atoms with E-state index in [0.717, 1.165) is 16.5 Å². The van der Waals surface area contributed by atoms with Crippen LogP contribution in [0.4, 0.5) is 4.39 Å². The molecule has 1 aromatic rings. The van der Waals surface area contributed by atoms with Gasteiger partial charge in [-0.1, -0.05) is 35.8 Å². The Hall–Kier alpha value is -0.410. The first-order valence-corrected chi connectivity index (χ1v) is 5.92. The quantitative estimate of drug-likeness (QED) is 0.891. The molecule has 3 heteroatoms. The van der Waals surface area contributed by atoms with E-state index in [9.17, 15) is 9.50 Å². The van der Waals surface area contributed by atoms with Gasteiger partial charge in [0.15, 0.2) is 0 Å². The Morgan fingerprint density at radius 2 is 2.07 bits per heavy atom. The maximum Gasteiger partial charge on any atom is 0.124 e. The highest BCUT2D eigenvalue weighted by molar-refractivity contribution is 9.10. The molecule has 0 heterocycles. The van der Waals surface area contributed by atoms with E-state index in [-0.39, 0.29) is 17.8 Å². The summed E-state index contributed by atoms with van der Waals surface area (Å²) in [7, 11) is 0. The van der Waals surface area contributed by atoms with Crippen LogP contribution in [-0.4, -0.2) is 11.2 Å². The van der Waals surface area contributed by atoms with Crippen molar-refractivity contribution in [1.29, 1.82) is 0 Å². The fourth-order valence-corrected chi connectivity index (χ4v) is 1.91. The van der Waals surface area contributed by atoms with Gasteiger partial charge in [0.1, 0.15) is 5.82 Å². The minimum Gasteiger partial charge on any atom is -0.393 e. The van der Waals surface area contributed by atoms with E-state index in [1.54, 1.807) is 6.07 Å². The molecule has 1 aromatic carbocycles. The van der Waals surface area contributed by atoms with Crippen molar-refractivity contribution in [1.82, 2.24) is 0 Å². The molecule has 0 saturated heterocycles. The second-order valence-corrected chi connectivity index (χ2v) is 4.94. The van der Waals surface area contributed by atoms with Crippen molar-refractivity contribution < 1.29 is 9.50 Å². The SMILES string of the molecule is CC(C)C(O)CCc1ccc(F)cc1Br. The molecule has 1 rings (SSSR count). The van der Waals surface area contributed by atoms with E-state index in [4.69, 9.17) is 0 Å². The molecule has 0 saturated carbocycles. The fraction of sp³-hybridized carbons (Fsp3) is 0.500. The van der Waals surface area contributed by atoms with Crippen LogP contribution in [0.1, 0.15) is 25.8 Å². The lowest BCUT2D eigenvalue weighted by molar-refractivity contribution is 0.116. The fourth-order valence-electron chi connectivity index (χ4n) is 1.36. The molecule has 0 aliphatic heterocycles. The van der Waals surface area contributed by atoms with Crippen LogP contribution >= 0.6 is 15.9 Å². The van der Waals surface area contributed by atoms with Gasteiger partial charge in [0.05, 0.1) is 6.10 Å². The number of aliphatic hydroxyl groups excluding tert-OH is 1. The van der Waals surface area contributed by atoms with E-state index in [1.165, 1.54) is 12.1 Å². The van der Waals surface area contributed by atoms with Crippen LogP contribution in [0.25, 0.3) is 0 Å². The summed E-state index contributed by atoms with van der Waals surface area (Å²) in [5.74, 6) is 0.0271. The van der Waals surface area contributed by atoms with Crippen molar-refractivity contribution >= 4 is 15.9 Å². The number of benzene rings is 1. The standard InChI is InChI=1S/C12H16BrFO/c1-8(2)12(15)6-4-9-3-5-10(14)7-11(9)13/h3,5,7-8,12,15H,4,6H2,1-2H3. The third-order valence-corrected chi connectivity index (χ3v) is 3.23. The third kappa shape index (κ3) is 3.92. The van der Waals surface area contributed by atoms with Gasteiger partial charge >= 0.3 is 0 Å². The molecular weight excluding hydrogens is 259 g/mol. The molecule has 1 atom stereocenters. The van der Waals surface area contributed by atoms with Crippen molar-refractivity contribution in [2.24, 2.45) is 5.92 Å². The number of hydrogen-bond acceptors (Lipinski definition) is 1. The summed E-state index contributed by atoms with van der Waals surface area (Å²) in [5, 5.41) is 9.64. The zero-order valence-corrected chi connectivity index (χ0v) is 10.6. The van der Waals surface area contributed by atoms with E-state index < -0.39 is 0 Å². The Labute approximate surface area is 98.4 Å². The van der Waals surface area contributed by atoms with Crippen LogP contribution in [0.5, 0.6) is 0 Å². The Morgan fingerprint density at radius 3 is 2.60 bits per heavy atom. The zero-order valence-electron chi connectivity index (χ0n) is 9.00. The molecule has 0 aliphatic carbocycles. The molecule has 0 aromatic heterocycles. The van der Waals surface area contributed by atoms with E-state index in [0.29, 0.717) is 6.42 Å². The van der Waals surface area contributed by atoms with E-state index in [2.05, 4.69) is 15.9 Å². The van der Waals surface area contributed by atoms with Crippen LogP contribution < -0.4 is 0 Å². The highest BCUT2D eigenvalue weighted by atomic mass is 79.9. The van der Waals surface area contributed by atoms with Gasteiger partial charge in [-0.2, -0.15) is 0 Å². The summed E-state index contributed by atoms with van der Waals surface area (Å²) >= 11 is 3.31. The van der Waals surface area contributed by atoms with Crippen molar-refractivity contribution in [2.45, 2.75) is 32.8 Å². The average Bonchev–Trinajstić information content (AvgIpc) is 2.15. The third-order valence-electron chi connectivity index (χ3n) is 2.49. The van der Waals surface area contributed by atoms with Gasteiger partial charge in [-0.15, -0.1) is 0 Å². The maximum atomic E-state index is 12.8. The summed E-state index contributed by atoms with van der Waals surface area (Å²) in [6.07, 6.45) is 1.18. The van der Waals surface area contributed by atoms with Gasteiger partial charge < -0.3 is 5.11 Å². The van der Waals surface area contributed by atoms with Gasteiger partial charge in [-0.05, 0) is 36.5 Å². The average molecular weight is 275 g/mol. The lowest BCUT2D eigenvalue weighted by Gasteiger charge is -2.14. The minimum atomic E-state index is -0.290. The first-order chi connectivity index (χ1) is 7.00. The van der Waals surface area contributed by atoms with Gasteiger partial charge in [0.25, 0.3) is 0 Å². The molecule has 15 heavy (non-hydrogen) atoms. The summed E-state index contributed by atoms with van der Waals surface area (Å²) in [4.78, 5) is 0. The van der Waals surface area contributed by atoms with Crippen LogP contribution in [0.15, 0.2) is 22.7 Å². The normalized spacial score (nSPS) is 13.2. The van der Waals surface area contributed by atoms with Gasteiger partial charge in [0.2, 0.25) is 0 Å². The molecule has 0 fully saturated rings. The Kier molecular flexibility index (Phi) is 4.74. The first kappa shape index (κ1) is 12.7. The molecular formula is C12H16BrFO. The van der Waals surface area contributed by atoms with Crippen molar-refractivity contribution in [2.75, 3.05) is 0 Å². The molecule has 1 unspecified atom stereocenters. The van der Waals surface area contributed by atoms with E-state index >= 15 is 0 Å². The maximum absolute atomic E-state index is 12.8. The van der Waals surface area contributed by atoms with Crippen molar-refractivity contribution in [3.05, 3.63) is 34.1 Å². The van der Waals surface area contributed by atoms with E-state index in [1.807, 2.05) is 13.8 Å². The molecule has 1 N–H and O–H groups in total. The number of rotatable bonds is 4. The monoisotopic (exact) mass is 274 g/mol. The van der Waals surface area contributed by atoms with Crippen molar-refractivity contribution in [3.63, 3.8) is 0 Å². The van der Waals surface area contributed by atoms with Crippen LogP contribution in [-0.2, 0) is 6.42 Å². The number of aryl methyl sites for hydroxylation is 1. The Morgan fingerprint density at radius 1 is 1.40 bits per heavy atom. The smallest absolute Gasteiger partial charge is 0.124 e. The highest BCUT2D eigenvalue weighted by Crippen LogP contribution is 2.20. The molecule has 84 valence electrons. The van der Waals surface area contributed by atoms with Crippen molar-refractivity contribution in [3.8, 4) is 0 Å². The Bertz CT molecular complexity index is 325. The summed E-state index contributed by atoms with van der Waals surface area (Å²) in [5.41, 5.74) is 1.04. The minimum absolute atomic E-state index is 0.241. The zero-order chi connectivity index (χ0) is 11.4. The summed E-state index contributed by atoms with van der Waals surface area (Å²) < 4.78 is 13.6. The van der Waals surface area contributed by atoms with Crippen LogP contribution in [0, 0.1) is 11.7 Å². The predicted molar refractivity (Wildman–Crippen MR) is 63.3 cm³/mol. The molecule has 1 nitrogen and oxygen atoms in total. The molecule has 0 aliphatic rings. The second kappa shape index (κ2) is 5.61. The van der Waals surface area contributed by atoms with Gasteiger partial charge in [-0.3, -0.25) is 0 Å². The molecule has 0 spiro atoms. The number of hydrogen-bond donors (Lipinski definition) is 1. The van der Waals surface area contributed by atoms with Gasteiger partial charge in [-0.25, -0.2) is 4.39 Å². The first-order valence-electron chi connectivity index (χ1n) is 5.12. The van der Waals surface area contributed by atoms with Gasteiger partial charge in [0, 0.05) is 4.47 Å². The molecule has 0 bridgehead atoms. The lowest BCUT2D eigenvalue weighted by Crippen LogP contribution is -2.15. The predicted octanol–water partition coefficient (Wildman–Crippen LogP) is 3.54. The van der Waals surface area contributed by atoms with Crippen LogP contribution in [0.3, 0.4) is 0 Å². The summed E-state index contributed by atoms with van der Waals surface area (Å²) in [6, 6.07) is 4.66. The largest absolute Gasteiger partial charge is 0.393 e. The topological polar surface area (TPSA) is 20.2 Å². The van der Waals surface area contributed by atoms with Crippen LogP contribution in [0.2, 0.25) is 0 Å². The highest BCUT2D eigenvalue weighted by Gasteiger charge is 2.10.